The zero-order valence-electron chi connectivity index (χ0n) is 14.8. The summed E-state index contributed by atoms with van der Waals surface area (Å²) in [6, 6.07) is 6.86. The third kappa shape index (κ3) is 3.62. The Hall–Kier alpha value is -1.73. The number of ether oxygens (including phenoxy) is 2. The molecule has 1 saturated heterocycles. The Morgan fingerprint density at radius 3 is 2.76 bits per heavy atom. The number of hydrogen-bond acceptors (Lipinski definition) is 6. The molecular weight excluding hydrogens is 336 g/mol. The molecule has 0 unspecified atom stereocenters. The summed E-state index contributed by atoms with van der Waals surface area (Å²) in [5, 5.41) is 10.0. The van der Waals surface area contributed by atoms with E-state index in [9.17, 15) is 0 Å². The fourth-order valence-corrected chi connectivity index (χ4v) is 4.14. The largest absolute Gasteiger partial charge is 0.496 e. The highest BCUT2D eigenvalue weighted by molar-refractivity contribution is 7.98. The van der Waals surface area contributed by atoms with E-state index in [1.807, 2.05) is 6.07 Å². The number of thioether (sulfide) groups is 1. The minimum absolute atomic E-state index is 0.551. The number of aromatic nitrogens is 3. The van der Waals surface area contributed by atoms with Gasteiger partial charge in [-0.05, 0) is 25.8 Å². The predicted molar refractivity (Wildman–Crippen MR) is 98.6 cm³/mol. The lowest BCUT2D eigenvalue weighted by Crippen LogP contribution is -2.38. The van der Waals surface area contributed by atoms with Gasteiger partial charge in [-0.3, -0.25) is 4.57 Å². The van der Waals surface area contributed by atoms with Crippen LogP contribution >= 0.6 is 11.8 Å². The van der Waals surface area contributed by atoms with Gasteiger partial charge in [0.05, 0.1) is 20.3 Å². The van der Waals surface area contributed by atoms with Crippen molar-refractivity contribution < 1.29 is 9.47 Å². The minimum atomic E-state index is 0.551. The molecule has 134 valence electrons. The highest BCUT2D eigenvalue weighted by Crippen LogP contribution is 2.41. The van der Waals surface area contributed by atoms with Crippen molar-refractivity contribution in [3.05, 3.63) is 29.3 Å². The Bertz CT molecular complexity index is 739. The molecule has 4 rings (SSSR count). The molecule has 0 bridgehead atoms. The number of nitrogens with zero attached hydrogens (tertiary/aromatic N) is 4. The van der Waals surface area contributed by atoms with E-state index in [2.05, 4.69) is 38.7 Å². The van der Waals surface area contributed by atoms with Crippen molar-refractivity contribution in [1.82, 2.24) is 14.8 Å². The SMILES string of the molecule is COc1ccc(C)cc1CSc1nnc(N2CCOCC2)n1C1CC1. The molecule has 1 saturated carbocycles. The number of rotatable bonds is 6. The summed E-state index contributed by atoms with van der Waals surface area (Å²) >= 11 is 1.74. The van der Waals surface area contributed by atoms with Crippen LogP contribution in [0, 0.1) is 6.92 Å². The Morgan fingerprint density at radius 2 is 2.04 bits per heavy atom. The van der Waals surface area contributed by atoms with E-state index < -0.39 is 0 Å². The lowest BCUT2D eigenvalue weighted by atomic mass is 10.1. The molecule has 2 aromatic rings. The molecule has 0 amide bonds. The first-order valence-electron chi connectivity index (χ1n) is 8.80. The Labute approximate surface area is 152 Å². The van der Waals surface area contributed by atoms with Crippen LogP contribution in [0.3, 0.4) is 0 Å². The zero-order valence-corrected chi connectivity index (χ0v) is 15.6. The van der Waals surface area contributed by atoms with Crippen LogP contribution in [-0.4, -0.2) is 48.2 Å². The van der Waals surface area contributed by atoms with Gasteiger partial charge < -0.3 is 14.4 Å². The summed E-state index contributed by atoms with van der Waals surface area (Å²) in [7, 11) is 1.72. The molecule has 2 fully saturated rings. The number of aryl methyl sites for hydroxylation is 1. The highest BCUT2D eigenvalue weighted by Gasteiger charge is 2.32. The van der Waals surface area contributed by atoms with Crippen molar-refractivity contribution >= 4 is 17.7 Å². The van der Waals surface area contributed by atoms with Crippen molar-refractivity contribution in [2.75, 3.05) is 38.3 Å². The van der Waals surface area contributed by atoms with Crippen molar-refractivity contribution in [3.63, 3.8) is 0 Å². The molecule has 1 aromatic carbocycles. The van der Waals surface area contributed by atoms with E-state index in [1.54, 1.807) is 18.9 Å². The number of hydrogen-bond donors (Lipinski definition) is 0. The van der Waals surface area contributed by atoms with Gasteiger partial charge in [-0.25, -0.2) is 0 Å². The molecule has 0 atom stereocenters. The lowest BCUT2D eigenvalue weighted by Gasteiger charge is -2.27. The summed E-state index contributed by atoms with van der Waals surface area (Å²) in [4.78, 5) is 2.30. The number of anilines is 1. The molecule has 0 radical (unpaired) electrons. The van der Waals surface area contributed by atoms with Gasteiger partial charge in [-0.1, -0.05) is 29.5 Å². The zero-order chi connectivity index (χ0) is 17.2. The quantitative estimate of drug-likeness (QED) is 0.738. The van der Waals surface area contributed by atoms with Crippen molar-refractivity contribution in [3.8, 4) is 5.75 Å². The number of benzene rings is 1. The van der Waals surface area contributed by atoms with E-state index in [-0.39, 0.29) is 0 Å². The van der Waals surface area contributed by atoms with Gasteiger partial charge in [0.15, 0.2) is 5.16 Å². The molecule has 1 aliphatic carbocycles. The third-order valence-electron chi connectivity index (χ3n) is 4.65. The van der Waals surface area contributed by atoms with Crippen LogP contribution in [0.15, 0.2) is 23.4 Å². The molecule has 1 aliphatic heterocycles. The van der Waals surface area contributed by atoms with Crippen molar-refractivity contribution in [2.24, 2.45) is 0 Å². The fourth-order valence-electron chi connectivity index (χ4n) is 3.16. The first-order chi connectivity index (χ1) is 12.3. The second-order valence-electron chi connectivity index (χ2n) is 6.59. The summed E-state index contributed by atoms with van der Waals surface area (Å²) in [6.45, 7) is 5.42. The minimum Gasteiger partial charge on any atom is -0.496 e. The maximum Gasteiger partial charge on any atom is 0.228 e. The van der Waals surface area contributed by atoms with Gasteiger partial charge >= 0.3 is 0 Å². The molecule has 6 nitrogen and oxygen atoms in total. The maximum absolute atomic E-state index is 5.50. The smallest absolute Gasteiger partial charge is 0.228 e. The molecule has 2 aliphatic rings. The van der Waals surface area contributed by atoms with E-state index in [0.29, 0.717) is 6.04 Å². The lowest BCUT2D eigenvalue weighted by molar-refractivity contribution is 0.121. The van der Waals surface area contributed by atoms with Crippen LogP contribution in [0.2, 0.25) is 0 Å². The van der Waals surface area contributed by atoms with E-state index in [1.165, 1.54) is 24.0 Å². The highest BCUT2D eigenvalue weighted by atomic mass is 32.2. The topological polar surface area (TPSA) is 52.4 Å². The van der Waals surface area contributed by atoms with Gasteiger partial charge in [0.2, 0.25) is 5.95 Å². The van der Waals surface area contributed by atoms with Crippen molar-refractivity contribution in [1.29, 1.82) is 0 Å². The second-order valence-corrected chi connectivity index (χ2v) is 7.53. The Kier molecular flexibility index (Phi) is 4.85. The summed E-state index contributed by atoms with van der Waals surface area (Å²) < 4.78 is 13.3. The summed E-state index contributed by atoms with van der Waals surface area (Å²) in [5.41, 5.74) is 2.44. The average Bonchev–Trinajstić information content (AvgIpc) is 3.40. The Balaban J connectivity index is 1.55. The normalized spacial score (nSPS) is 17.8. The van der Waals surface area contributed by atoms with E-state index >= 15 is 0 Å². The van der Waals surface area contributed by atoms with Gasteiger partial charge in [-0.15, -0.1) is 10.2 Å². The van der Waals surface area contributed by atoms with Gasteiger partial charge in [0.25, 0.3) is 0 Å². The second kappa shape index (κ2) is 7.25. The molecule has 1 aromatic heterocycles. The molecule has 7 heteroatoms. The standard InChI is InChI=1S/C18H24N4O2S/c1-13-3-6-16(23-2)14(11-13)12-25-18-20-19-17(22(18)15-4-5-15)21-7-9-24-10-8-21/h3,6,11,15H,4-5,7-10,12H2,1-2H3. The monoisotopic (exact) mass is 360 g/mol. The van der Waals surface area contributed by atoms with Gasteiger partial charge in [0, 0.05) is 30.4 Å². The van der Waals surface area contributed by atoms with Crippen LogP contribution in [0.25, 0.3) is 0 Å². The first kappa shape index (κ1) is 16.7. The molecule has 25 heavy (non-hydrogen) atoms. The fraction of sp³-hybridized carbons (Fsp3) is 0.556. The van der Waals surface area contributed by atoms with Crippen LogP contribution in [-0.2, 0) is 10.5 Å². The summed E-state index contributed by atoms with van der Waals surface area (Å²) in [5.74, 6) is 2.77. The van der Waals surface area contributed by atoms with E-state index in [0.717, 1.165) is 48.9 Å². The molecule has 0 N–H and O–H groups in total. The predicted octanol–water partition coefficient (Wildman–Crippen LogP) is 3.06. The van der Waals surface area contributed by atoms with Crippen LogP contribution in [0.4, 0.5) is 5.95 Å². The van der Waals surface area contributed by atoms with Crippen LogP contribution in [0.1, 0.15) is 30.0 Å². The molecular formula is C18H24N4O2S. The maximum atomic E-state index is 5.50. The summed E-state index contributed by atoms with van der Waals surface area (Å²) in [6.07, 6.45) is 2.44. The van der Waals surface area contributed by atoms with E-state index in [4.69, 9.17) is 9.47 Å². The van der Waals surface area contributed by atoms with Gasteiger partial charge in [0.1, 0.15) is 5.75 Å². The number of morpholine rings is 1. The van der Waals surface area contributed by atoms with Crippen LogP contribution in [0.5, 0.6) is 5.75 Å². The molecule has 2 heterocycles. The number of methoxy groups -OCH3 is 1. The first-order valence-corrected chi connectivity index (χ1v) is 9.78. The van der Waals surface area contributed by atoms with Crippen molar-refractivity contribution in [2.45, 2.75) is 36.7 Å². The molecule has 0 spiro atoms. The third-order valence-corrected chi connectivity index (χ3v) is 5.64. The van der Waals surface area contributed by atoms with Crippen LogP contribution < -0.4 is 9.64 Å². The van der Waals surface area contributed by atoms with Gasteiger partial charge in [-0.2, -0.15) is 0 Å². The Morgan fingerprint density at radius 1 is 1.24 bits per heavy atom. The average molecular weight is 360 g/mol.